The van der Waals surface area contributed by atoms with Crippen molar-refractivity contribution in [2.45, 2.75) is 45.2 Å². The number of rotatable bonds is 6. The number of nitrogens with two attached hydrogens (primary N) is 1. The van der Waals surface area contributed by atoms with Gasteiger partial charge in [0, 0.05) is 28.9 Å². The summed E-state index contributed by atoms with van der Waals surface area (Å²) in [6, 6.07) is 8.03. The largest absolute Gasteiger partial charge is 0.496 e. The molecule has 0 fully saturated rings. The molecule has 1 unspecified atom stereocenters. The summed E-state index contributed by atoms with van der Waals surface area (Å²) < 4.78 is 19.4. The molecule has 2 aromatic heterocycles. The van der Waals surface area contributed by atoms with Gasteiger partial charge in [0.25, 0.3) is 0 Å². The van der Waals surface area contributed by atoms with Gasteiger partial charge < -0.3 is 20.8 Å². The molecule has 168 valence electrons. The minimum atomic E-state index is -0.488. The van der Waals surface area contributed by atoms with E-state index in [1.807, 2.05) is 19.9 Å². The van der Waals surface area contributed by atoms with Gasteiger partial charge in [0.15, 0.2) is 0 Å². The molecule has 0 saturated heterocycles. The number of nitrogens with one attached hydrogen (secondary N) is 2. The molecule has 2 atom stereocenters. The zero-order chi connectivity index (χ0) is 22.8. The van der Waals surface area contributed by atoms with Crippen LogP contribution in [0, 0.1) is 11.7 Å². The first-order valence-electron chi connectivity index (χ1n) is 10.9. The Morgan fingerprint density at radius 1 is 1.28 bits per heavy atom. The number of fused-ring (bicyclic) bond motifs is 1. The summed E-state index contributed by atoms with van der Waals surface area (Å²) in [4.78, 5) is 20.1. The van der Waals surface area contributed by atoms with Crippen LogP contribution in [-0.4, -0.2) is 35.1 Å². The van der Waals surface area contributed by atoms with E-state index in [0.717, 1.165) is 41.6 Å². The molecule has 3 aromatic rings. The normalized spacial score (nSPS) is 17.3. The summed E-state index contributed by atoms with van der Waals surface area (Å²) in [7, 11) is 1.58. The third kappa shape index (κ3) is 4.39. The van der Waals surface area contributed by atoms with Gasteiger partial charge in [-0.25, -0.2) is 9.37 Å². The Labute approximate surface area is 187 Å². The second-order valence-electron chi connectivity index (χ2n) is 8.63. The average molecular weight is 437 g/mol. The van der Waals surface area contributed by atoms with Crippen LogP contribution in [0.1, 0.15) is 38.8 Å². The van der Waals surface area contributed by atoms with E-state index in [1.165, 1.54) is 17.7 Å². The summed E-state index contributed by atoms with van der Waals surface area (Å²) in [5, 5.41) is 3.97. The molecule has 1 aliphatic rings. The second-order valence-corrected chi connectivity index (χ2v) is 8.63. The smallest absolute Gasteiger partial charge is 0.237 e. The molecule has 4 rings (SSSR count). The van der Waals surface area contributed by atoms with E-state index in [1.54, 1.807) is 19.4 Å². The number of carbonyl (C=O) groups excluding carboxylic acids is 1. The number of nitrogens with zero attached hydrogens (tertiary/aromatic N) is 1. The van der Waals surface area contributed by atoms with Crippen molar-refractivity contribution in [2.75, 3.05) is 7.11 Å². The number of H-pyrrole nitrogens is 1. The van der Waals surface area contributed by atoms with Crippen LogP contribution < -0.4 is 15.8 Å². The lowest BCUT2D eigenvalue weighted by Crippen LogP contribution is -2.48. The molecule has 4 N–H and O–H groups in total. The van der Waals surface area contributed by atoms with E-state index in [2.05, 4.69) is 27.4 Å². The van der Waals surface area contributed by atoms with Gasteiger partial charge in [-0.05, 0) is 66.6 Å². The van der Waals surface area contributed by atoms with Crippen LogP contribution in [0.2, 0.25) is 0 Å². The number of amides is 1. The molecule has 1 aliphatic carbocycles. The third-order valence-corrected chi connectivity index (χ3v) is 6.11. The van der Waals surface area contributed by atoms with E-state index >= 15 is 0 Å². The Morgan fingerprint density at radius 2 is 2.09 bits per heavy atom. The van der Waals surface area contributed by atoms with Crippen molar-refractivity contribution in [1.82, 2.24) is 15.3 Å². The number of ether oxygens (including phenoxy) is 1. The van der Waals surface area contributed by atoms with Crippen LogP contribution in [0.4, 0.5) is 4.39 Å². The van der Waals surface area contributed by atoms with Gasteiger partial charge in [-0.2, -0.15) is 0 Å². The van der Waals surface area contributed by atoms with Crippen molar-refractivity contribution in [3.05, 3.63) is 54.1 Å². The van der Waals surface area contributed by atoms with E-state index in [4.69, 9.17) is 10.5 Å². The average Bonchev–Trinajstić information content (AvgIpc) is 3.23. The van der Waals surface area contributed by atoms with Crippen molar-refractivity contribution in [3.63, 3.8) is 0 Å². The topological polar surface area (TPSA) is 93.0 Å². The number of aromatic nitrogens is 2. The quantitative estimate of drug-likeness (QED) is 0.534. The number of hydrogen-bond acceptors (Lipinski definition) is 4. The number of allylic oxidation sites excluding steroid dienone is 1. The van der Waals surface area contributed by atoms with Gasteiger partial charge in [-0.3, -0.25) is 4.79 Å². The summed E-state index contributed by atoms with van der Waals surface area (Å²) in [5.41, 5.74) is 10.4. The Morgan fingerprint density at radius 3 is 2.78 bits per heavy atom. The lowest BCUT2D eigenvalue weighted by Gasteiger charge is -2.25. The first-order chi connectivity index (χ1) is 15.4. The van der Waals surface area contributed by atoms with Crippen LogP contribution >= 0.6 is 0 Å². The van der Waals surface area contributed by atoms with Crippen LogP contribution in [0.25, 0.3) is 27.7 Å². The van der Waals surface area contributed by atoms with Crippen molar-refractivity contribution in [1.29, 1.82) is 0 Å². The van der Waals surface area contributed by atoms with E-state index in [-0.39, 0.29) is 23.7 Å². The Kier molecular flexibility index (Phi) is 6.28. The molecule has 1 amide bonds. The summed E-state index contributed by atoms with van der Waals surface area (Å²) in [6.07, 6.45) is 6.28. The highest BCUT2D eigenvalue weighted by Crippen LogP contribution is 2.37. The van der Waals surface area contributed by atoms with E-state index < -0.39 is 6.04 Å². The van der Waals surface area contributed by atoms with Gasteiger partial charge in [0.05, 0.1) is 13.2 Å². The Bertz CT molecular complexity index is 1170. The fourth-order valence-electron chi connectivity index (χ4n) is 4.14. The van der Waals surface area contributed by atoms with Crippen LogP contribution in [0.5, 0.6) is 5.75 Å². The third-order valence-electron chi connectivity index (χ3n) is 6.11. The fourth-order valence-corrected chi connectivity index (χ4v) is 4.14. The minimum absolute atomic E-state index is 0.0886. The number of benzene rings is 1. The van der Waals surface area contributed by atoms with E-state index in [9.17, 15) is 9.18 Å². The molecule has 6 nitrogen and oxygen atoms in total. The number of carbonyl (C=O) groups is 1. The number of pyridine rings is 1. The molecule has 0 aliphatic heterocycles. The first kappa shape index (κ1) is 22.0. The van der Waals surface area contributed by atoms with Gasteiger partial charge in [0.1, 0.15) is 17.2 Å². The molecule has 0 spiro atoms. The molecule has 2 heterocycles. The first-order valence-corrected chi connectivity index (χ1v) is 10.9. The molecule has 0 bridgehead atoms. The molecule has 0 saturated carbocycles. The lowest BCUT2D eigenvalue weighted by molar-refractivity contribution is -0.124. The monoisotopic (exact) mass is 436 g/mol. The predicted octanol–water partition coefficient (Wildman–Crippen LogP) is 4.41. The zero-order valence-corrected chi connectivity index (χ0v) is 18.6. The molecule has 0 radical (unpaired) electrons. The van der Waals surface area contributed by atoms with Crippen molar-refractivity contribution in [2.24, 2.45) is 11.7 Å². The molecular weight excluding hydrogens is 407 g/mol. The van der Waals surface area contributed by atoms with Gasteiger partial charge in [-0.15, -0.1) is 0 Å². The molecular formula is C25H29FN4O2. The number of aromatic amines is 1. The fraction of sp³-hybridized carbons (Fsp3) is 0.360. The minimum Gasteiger partial charge on any atom is -0.496 e. The molecule has 7 heteroatoms. The van der Waals surface area contributed by atoms with Gasteiger partial charge in [0.2, 0.25) is 5.91 Å². The Hall–Kier alpha value is -3.19. The second kappa shape index (κ2) is 9.12. The number of halogens is 1. The molecule has 1 aromatic carbocycles. The maximum Gasteiger partial charge on any atom is 0.237 e. The van der Waals surface area contributed by atoms with Crippen molar-refractivity contribution in [3.8, 4) is 16.9 Å². The Balaban J connectivity index is 1.58. The van der Waals surface area contributed by atoms with E-state index in [0.29, 0.717) is 11.3 Å². The lowest BCUT2D eigenvalue weighted by atomic mass is 9.92. The van der Waals surface area contributed by atoms with Crippen molar-refractivity contribution >= 4 is 22.5 Å². The van der Waals surface area contributed by atoms with Gasteiger partial charge >= 0.3 is 0 Å². The summed E-state index contributed by atoms with van der Waals surface area (Å²) in [6.45, 7) is 3.89. The van der Waals surface area contributed by atoms with Crippen molar-refractivity contribution < 1.29 is 13.9 Å². The highest BCUT2D eigenvalue weighted by Gasteiger charge is 2.23. The highest BCUT2D eigenvalue weighted by molar-refractivity contribution is 5.96. The SMILES string of the molecule is COc1ccc(F)cc1-c1ccnc2[nH]c(C3=CCC(NC(=O)[C@@H](N)C(C)C)CC3)cc12. The maximum absolute atomic E-state index is 14.0. The number of methoxy groups -OCH3 is 1. The molecule has 32 heavy (non-hydrogen) atoms. The zero-order valence-electron chi connectivity index (χ0n) is 18.6. The standard InChI is InChI=1S/C25H29FN4O2/c1-14(2)23(27)25(31)29-17-7-4-15(5-8-17)21-13-20-18(10-11-28-24(20)30-21)19-12-16(26)6-9-22(19)32-3/h4,6,9-14,17,23H,5,7-8,27H2,1-3H3,(H,28,30)(H,29,31)/t17?,23-/m0/s1. The van der Waals surface area contributed by atoms with Crippen LogP contribution in [0.15, 0.2) is 42.6 Å². The predicted molar refractivity (Wildman–Crippen MR) is 125 cm³/mol. The summed E-state index contributed by atoms with van der Waals surface area (Å²) >= 11 is 0. The maximum atomic E-state index is 14.0. The number of hydrogen-bond donors (Lipinski definition) is 3. The van der Waals surface area contributed by atoms with Gasteiger partial charge in [-0.1, -0.05) is 19.9 Å². The van der Waals surface area contributed by atoms with Crippen LogP contribution in [0.3, 0.4) is 0 Å². The summed E-state index contributed by atoms with van der Waals surface area (Å²) in [5.74, 6) is 0.304. The highest BCUT2D eigenvalue weighted by atomic mass is 19.1. The van der Waals surface area contributed by atoms with Crippen LogP contribution in [-0.2, 0) is 4.79 Å².